The molecule has 2 aliphatic heterocycles. The van der Waals surface area contributed by atoms with Gasteiger partial charge in [-0.1, -0.05) is 26.2 Å². The van der Waals surface area contributed by atoms with E-state index in [2.05, 4.69) is 21.6 Å². The van der Waals surface area contributed by atoms with Crippen LogP contribution in [0, 0.1) is 11.2 Å². The number of piperidine rings is 1. The molecule has 0 aromatic heterocycles. The average molecular weight is 388 g/mol. The zero-order valence-electron chi connectivity index (χ0n) is 17.2. The van der Waals surface area contributed by atoms with Crippen LogP contribution < -0.4 is 4.90 Å². The number of rotatable bonds is 3. The van der Waals surface area contributed by atoms with Gasteiger partial charge in [0.05, 0.1) is 0 Å². The van der Waals surface area contributed by atoms with Gasteiger partial charge in [0.15, 0.2) is 0 Å². The summed E-state index contributed by atoms with van der Waals surface area (Å²) in [7, 11) is 0. The molecule has 0 spiro atoms. The van der Waals surface area contributed by atoms with Gasteiger partial charge in [-0.2, -0.15) is 0 Å². The lowest BCUT2D eigenvalue weighted by Gasteiger charge is -2.46. The summed E-state index contributed by atoms with van der Waals surface area (Å²) in [6.07, 6.45) is 8.11. The number of nitrogens with zero attached hydrogens (tertiary/aromatic N) is 3. The van der Waals surface area contributed by atoms with Crippen LogP contribution in [0.1, 0.15) is 51.9 Å². The topological polar surface area (TPSA) is 26.8 Å². The summed E-state index contributed by atoms with van der Waals surface area (Å²) in [6, 6.07) is 7.31. The predicted octanol–water partition coefficient (Wildman–Crippen LogP) is 3.91. The van der Waals surface area contributed by atoms with E-state index in [0.717, 1.165) is 64.2 Å². The maximum absolute atomic E-state index is 13.2. The van der Waals surface area contributed by atoms with Crippen LogP contribution in [0.25, 0.3) is 0 Å². The highest BCUT2D eigenvalue weighted by atomic mass is 19.1. The number of benzene rings is 1. The standard InChI is InChI=1S/C23H34FN3O/c1-23(11-3-2-4-12-23)22(28)27-13-5-6-21(18-27)26-16-14-25(15-17-26)20-9-7-19(24)8-10-20/h7-10,21H,2-6,11-18H2,1H3. The van der Waals surface area contributed by atoms with E-state index in [0.29, 0.717) is 11.9 Å². The second-order valence-corrected chi connectivity index (χ2v) is 9.17. The Morgan fingerprint density at radius 1 is 0.964 bits per heavy atom. The zero-order chi connectivity index (χ0) is 19.6. The number of likely N-dealkylation sites (tertiary alicyclic amines) is 1. The number of hydrogen-bond donors (Lipinski definition) is 0. The molecule has 2 saturated heterocycles. The van der Waals surface area contributed by atoms with E-state index in [4.69, 9.17) is 0 Å². The Morgan fingerprint density at radius 2 is 1.64 bits per heavy atom. The Labute approximate surface area is 168 Å². The molecule has 1 aromatic rings. The van der Waals surface area contributed by atoms with Crippen molar-refractivity contribution in [2.75, 3.05) is 44.2 Å². The van der Waals surface area contributed by atoms with E-state index >= 15 is 0 Å². The molecule has 4 rings (SSSR count). The van der Waals surface area contributed by atoms with Crippen molar-refractivity contribution < 1.29 is 9.18 Å². The summed E-state index contributed by atoms with van der Waals surface area (Å²) in [5.74, 6) is 0.225. The number of carbonyl (C=O) groups is 1. The molecule has 0 bridgehead atoms. The lowest BCUT2D eigenvalue weighted by atomic mass is 9.74. The summed E-state index contributed by atoms with van der Waals surface area (Å²) in [6.45, 7) is 7.98. The molecule has 1 aliphatic carbocycles. The van der Waals surface area contributed by atoms with Crippen LogP contribution in [0.2, 0.25) is 0 Å². The van der Waals surface area contributed by atoms with E-state index in [1.54, 1.807) is 0 Å². The molecule has 1 saturated carbocycles. The fraction of sp³-hybridized carbons (Fsp3) is 0.696. The van der Waals surface area contributed by atoms with Crippen molar-refractivity contribution in [3.63, 3.8) is 0 Å². The van der Waals surface area contributed by atoms with Gasteiger partial charge in [-0.3, -0.25) is 9.69 Å². The molecule has 3 aliphatic rings. The first-order chi connectivity index (χ1) is 13.5. The number of carbonyl (C=O) groups excluding carboxylic acids is 1. The van der Waals surface area contributed by atoms with Gasteiger partial charge in [0.2, 0.25) is 5.91 Å². The Balaban J connectivity index is 1.32. The van der Waals surface area contributed by atoms with E-state index < -0.39 is 0 Å². The first kappa shape index (κ1) is 19.7. The van der Waals surface area contributed by atoms with Crippen LogP contribution in [-0.4, -0.2) is 61.0 Å². The van der Waals surface area contributed by atoms with Gasteiger partial charge in [0.1, 0.15) is 5.82 Å². The Bertz CT molecular complexity index is 663. The van der Waals surface area contributed by atoms with Gasteiger partial charge < -0.3 is 9.80 Å². The molecule has 1 atom stereocenters. The monoisotopic (exact) mass is 387 g/mol. The third-order valence-electron chi connectivity index (χ3n) is 7.18. The maximum atomic E-state index is 13.2. The van der Waals surface area contributed by atoms with Gasteiger partial charge in [0.25, 0.3) is 0 Å². The smallest absolute Gasteiger partial charge is 0.228 e. The highest BCUT2D eigenvalue weighted by molar-refractivity contribution is 5.82. The Hall–Kier alpha value is -1.62. The first-order valence-corrected chi connectivity index (χ1v) is 11.1. The van der Waals surface area contributed by atoms with Gasteiger partial charge in [-0.05, 0) is 49.9 Å². The van der Waals surface area contributed by atoms with E-state index in [-0.39, 0.29) is 11.2 Å². The minimum Gasteiger partial charge on any atom is -0.369 e. The minimum atomic E-state index is -0.180. The highest BCUT2D eigenvalue weighted by Gasteiger charge is 2.39. The molecule has 0 radical (unpaired) electrons. The van der Waals surface area contributed by atoms with Crippen molar-refractivity contribution in [2.24, 2.45) is 5.41 Å². The lowest BCUT2D eigenvalue weighted by Crippen LogP contribution is -2.57. The van der Waals surface area contributed by atoms with Crippen molar-refractivity contribution in [1.29, 1.82) is 0 Å². The summed E-state index contributed by atoms with van der Waals surface area (Å²) in [4.78, 5) is 20.3. The number of hydrogen-bond acceptors (Lipinski definition) is 3. The highest BCUT2D eigenvalue weighted by Crippen LogP contribution is 2.38. The lowest BCUT2D eigenvalue weighted by molar-refractivity contribution is -0.145. The summed E-state index contributed by atoms with van der Waals surface area (Å²) in [5.41, 5.74) is 0.980. The van der Waals surface area contributed by atoms with Crippen LogP contribution in [0.4, 0.5) is 10.1 Å². The normalized spacial score (nSPS) is 26.3. The second-order valence-electron chi connectivity index (χ2n) is 9.17. The molecule has 1 amide bonds. The summed E-state index contributed by atoms with van der Waals surface area (Å²) in [5, 5.41) is 0. The van der Waals surface area contributed by atoms with E-state index in [1.807, 2.05) is 12.1 Å². The zero-order valence-corrected chi connectivity index (χ0v) is 17.2. The molecule has 0 N–H and O–H groups in total. The SMILES string of the molecule is CC1(C(=O)N2CCCC(N3CCN(c4ccc(F)cc4)CC3)C2)CCCCC1. The first-order valence-electron chi connectivity index (χ1n) is 11.1. The summed E-state index contributed by atoms with van der Waals surface area (Å²) < 4.78 is 13.2. The van der Waals surface area contributed by atoms with Crippen LogP contribution in [0.15, 0.2) is 24.3 Å². The van der Waals surface area contributed by atoms with Crippen LogP contribution in [-0.2, 0) is 4.79 Å². The third kappa shape index (κ3) is 4.19. The largest absolute Gasteiger partial charge is 0.369 e. The molecule has 1 unspecified atom stereocenters. The number of anilines is 1. The van der Waals surface area contributed by atoms with Gasteiger partial charge in [-0.15, -0.1) is 0 Å². The molecule has 154 valence electrons. The van der Waals surface area contributed by atoms with Crippen LogP contribution in [0.5, 0.6) is 0 Å². The molecule has 4 nitrogen and oxygen atoms in total. The molecular weight excluding hydrogens is 353 g/mol. The molecule has 1 aromatic carbocycles. The fourth-order valence-electron chi connectivity index (χ4n) is 5.36. The van der Waals surface area contributed by atoms with Crippen molar-refractivity contribution in [2.45, 2.75) is 57.9 Å². The number of halogens is 1. The van der Waals surface area contributed by atoms with Crippen molar-refractivity contribution in [3.8, 4) is 0 Å². The molecule has 28 heavy (non-hydrogen) atoms. The predicted molar refractivity (Wildman–Crippen MR) is 111 cm³/mol. The Kier molecular flexibility index (Phi) is 5.91. The molecule has 3 fully saturated rings. The minimum absolute atomic E-state index is 0.124. The fourth-order valence-corrected chi connectivity index (χ4v) is 5.36. The van der Waals surface area contributed by atoms with Crippen molar-refractivity contribution in [3.05, 3.63) is 30.1 Å². The van der Waals surface area contributed by atoms with Gasteiger partial charge in [0, 0.05) is 56.4 Å². The second kappa shape index (κ2) is 8.40. The number of amides is 1. The molecular formula is C23H34FN3O. The van der Waals surface area contributed by atoms with Gasteiger partial charge >= 0.3 is 0 Å². The van der Waals surface area contributed by atoms with Crippen molar-refractivity contribution >= 4 is 11.6 Å². The van der Waals surface area contributed by atoms with Gasteiger partial charge in [-0.25, -0.2) is 4.39 Å². The average Bonchev–Trinajstić information content (AvgIpc) is 2.74. The summed E-state index contributed by atoms with van der Waals surface area (Å²) >= 11 is 0. The molecule has 5 heteroatoms. The molecule has 2 heterocycles. The van der Waals surface area contributed by atoms with Crippen LogP contribution in [0.3, 0.4) is 0 Å². The Morgan fingerprint density at radius 3 is 2.32 bits per heavy atom. The van der Waals surface area contributed by atoms with Crippen molar-refractivity contribution in [1.82, 2.24) is 9.80 Å². The third-order valence-corrected chi connectivity index (χ3v) is 7.18. The van der Waals surface area contributed by atoms with E-state index in [9.17, 15) is 9.18 Å². The van der Waals surface area contributed by atoms with Crippen LogP contribution >= 0.6 is 0 Å². The van der Waals surface area contributed by atoms with E-state index in [1.165, 1.54) is 37.8 Å². The maximum Gasteiger partial charge on any atom is 0.228 e. The quantitative estimate of drug-likeness (QED) is 0.787. The number of piperazine rings is 1.